The Hall–Kier alpha value is -4.96. The van der Waals surface area contributed by atoms with Crippen molar-refractivity contribution in [2.24, 2.45) is 5.92 Å². The second kappa shape index (κ2) is 18.2. The maximum absolute atomic E-state index is 14.8. The Labute approximate surface area is 316 Å². The fourth-order valence-electron chi connectivity index (χ4n) is 6.90. The zero-order valence-corrected chi connectivity index (χ0v) is 32.5. The number of halogens is 1. The molecule has 0 N–H and O–H groups in total. The molecule has 2 amide bonds. The Bertz CT molecular complexity index is 2010. The van der Waals surface area contributed by atoms with Gasteiger partial charge in [0.05, 0.1) is 27.2 Å². The summed E-state index contributed by atoms with van der Waals surface area (Å²) in [4.78, 5) is 33.2. The Morgan fingerprint density at radius 1 is 0.755 bits per heavy atom. The minimum absolute atomic E-state index is 0.0387. The van der Waals surface area contributed by atoms with E-state index in [1.165, 1.54) is 12.1 Å². The van der Waals surface area contributed by atoms with Gasteiger partial charge < -0.3 is 28.6 Å². The highest BCUT2D eigenvalue weighted by molar-refractivity contribution is 7.99. The van der Waals surface area contributed by atoms with Crippen molar-refractivity contribution in [2.45, 2.75) is 57.1 Å². The van der Waals surface area contributed by atoms with Gasteiger partial charge in [-0.1, -0.05) is 35.4 Å². The van der Waals surface area contributed by atoms with E-state index in [0.717, 1.165) is 55.3 Å². The van der Waals surface area contributed by atoms with Gasteiger partial charge in [0.2, 0.25) is 11.8 Å². The third kappa shape index (κ3) is 9.93. The Balaban J connectivity index is 1.47. The van der Waals surface area contributed by atoms with Crippen molar-refractivity contribution >= 4 is 34.5 Å². The smallest absolute Gasteiger partial charge is 0.227 e. The second-order valence-electron chi connectivity index (χ2n) is 13.5. The topological polar surface area (TPSA) is 73.2 Å². The molecular formula is C43H50FN3O5S. The number of carbonyl (C=O) groups excluding carboxylic acids is 2. The molecule has 0 aliphatic carbocycles. The maximum Gasteiger partial charge on any atom is 0.227 e. The van der Waals surface area contributed by atoms with Crippen molar-refractivity contribution in [3.05, 3.63) is 119 Å². The molecule has 4 aromatic carbocycles. The number of amides is 2. The molecule has 280 valence electrons. The van der Waals surface area contributed by atoms with E-state index in [0.29, 0.717) is 31.7 Å². The highest BCUT2D eigenvalue weighted by Crippen LogP contribution is 2.36. The molecule has 0 saturated heterocycles. The minimum Gasteiger partial charge on any atom is -0.497 e. The molecule has 8 nitrogen and oxygen atoms in total. The number of nitrogens with zero attached hydrogens (tertiary/aromatic N) is 3. The van der Waals surface area contributed by atoms with Crippen LogP contribution in [0.15, 0.2) is 96.0 Å². The monoisotopic (exact) mass is 739 g/mol. The zero-order chi connectivity index (χ0) is 38.1. The molecule has 0 saturated carbocycles. The molecule has 0 aliphatic rings. The van der Waals surface area contributed by atoms with Crippen molar-refractivity contribution in [2.75, 3.05) is 41.2 Å². The van der Waals surface area contributed by atoms with E-state index >= 15 is 0 Å². The lowest BCUT2D eigenvalue weighted by molar-refractivity contribution is -0.137. The summed E-state index contributed by atoms with van der Waals surface area (Å²) in [5, 5.41) is 0.738. The third-order valence-corrected chi connectivity index (χ3v) is 10.8. The van der Waals surface area contributed by atoms with E-state index in [4.69, 9.17) is 14.2 Å². The lowest BCUT2D eigenvalue weighted by Crippen LogP contribution is -2.38. The molecule has 1 aromatic heterocycles. The minimum atomic E-state index is -0.503. The van der Waals surface area contributed by atoms with Gasteiger partial charge >= 0.3 is 0 Å². The number of rotatable bonds is 17. The number of aromatic nitrogens is 1. The van der Waals surface area contributed by atoms with Crippen LogP contribution in [-0.4, -0.2) is 67.4 Å². The van der Waals surface area contributed by atoms with E-state index in [2.05, 4.69) is 4.57 Å². The highest BCUT2D eigenvalue weighted by Gasteiger charge is 2.33. The van der Waals surface area contributed by atoms with Crippen LogP contribution in [0.3, 0.4) is 0 Å². The van der Waals surface area contributed by atoms with Gasteiger partial charge in [-0.2, -0.15) is 0 Å². The van der Waals surface area contributed by atoms with Crippen molar-refractivity contribution < 1.29 is 28.2 Å². The number of aryl methyl sites for hydroxylation is 2. The molecule has 0 aliphatic heterocycles. The quantitative estimate of drug-likeness (QED) is 0.0888. The molecule has 5 rings (SSSR count). The first kappa shape index (κ1) is 39.3. The van der Waals surface area contributed by atoms with Crippen LogP contribution in [0, 0.1) is 25.6 Å². The van der Waals surface area contributed by atoms with Crippen molar-refractivity contribution in [3.8, 4) is 17.2 Å². The maximum atomic E-state index is 14.8. The standard InChI is InChI=1S/C43H50FN3O5S/c1-29-8-17-40(51-6)32(24-29)27-45(3)42(48)19-16-39(47-22-20-31-26-34(44)10-15-38(31)47)37(21-23-53-36-13-11-35(50-5)12-14-36)43(49)46(4)28-33-25-30(2)9-18-41(33)52-7/h8-15,17-18,20,22,24-26,37,39H,16,19,21,23,27-28H2,1-7H3. The summed E-state index contributed by atoms with van der Waals surface area (Å²) >= 11 is 1.67. The molecule has 0 fully saturated rings. The lowest BCUT2D eigenvalue weighted by atomic mass is 9.90. The molecule has 0 bridgehead atoms. The number of ether oxygens (including phenoxy) is 3. The predicted molar refractivity (Wildman–Crippen MR) is 210 cm³/mol. The first-order chi connectivity index (χ1) is 25.5. The van der Waals surface area contributed by atoms with Crippen LogP contribution in [0.1, 0.15) is 47.6 Å². The summed E-state index contributed by atoms with van der Waals surface area (Å²) < 4.78 is 33.0. The van der Waals surface area contributed by atoms with E-state index in [1.54, 1.807) is 56.0 Å². The second-order valence-corrected chi connectivity index (χ2v) is 14.7. The van der Waals surface area contributed by atoms with Gasteiger partial charge in [-0.3, -0.25) is 9.59 Å². The molecule has 0 radical (unpaired) electrons. The van der Waals surface area contributed by atoms with Crippen molar-refractivity contribution in [1.82, 2.24) is 14.4 Å². The van der Waals surface area contributed by atoms with Crippen LogP contribution in [0.5, 0.6) is 17.2 Å². The lowest BCUT2D eigenvalue weighted by Gasteiger charge is -2.32. The van der Waals surface area contributed by atoms with Crippen LogP contribution >= 0.6 is 11.8 Å². The fraction of sp³-hybridized carbons (Fsp3) is 0.349. The van der Waals surface area contributed by atoms with Crippen LogP contribution in [-0.2, 0) is 22.7 Å². The van der Waals surface area contributed by atoms with Gasteiger partial charge in [0.25, 0.3) is 0 Å². The van der Waals surface area contributed by atoms with Gasteiger partial charge in [-0.25, -0.2) is 4.39 Å². The molecule has 1 heterocycles. The number of thioether (sulfide) groups is 1. The Morgan fingerprint density at radius 3 is 1.98 bits per heavy atom. The van der Waals surface area contributed by atoms with Crippen molar-refractivity contribution in [3.63, 3.8) is 0 Å². The van der Waals surface area contributed by atoms with Crippen LogP contribution in [0.2, 0.25) is 0 Å². The average Bonchev–Trinajstić information content (AvgIpc) is 3.56. The SMILES string of the molecule is COc1ccc(SCCC(C(=O)N(C)Cc2cc(C)ccc2OC)C(CCC(=O)N(C)Cc2cc(C)ccc2OC)n2ccc3cc(F)ccc32)cc1. The van der Waals surface area contributed by atoms with Crippen LogP contribution in [0.25, 0.3) is 10.9 Å². The number of fused-ring (bicyclic) bond motifs is 1. The summed E-state index contributed by atoms with van der Waals surface area (Å²) in [6.07, 6.45) is 3.07. The Kier molecular flexibility index (Phi) is 13.5. The van der Waals surface area contributed by atoms with Gasteiger partial charge in [0.1, 0.15) is 23.1 Å². The number of hydrogen-bond donors (Lipinski definition) is 0. The Morgan fingerprint density at radius 2 is 1.38 bits per heavy atom. The number of methoxy groups -OCH3 is 3. The summed E-state index contributed by atoms with van der Waals surface area (Å²) in [5.74, 6) is 1.98. The summed E-state index contributed by atoms with van der Waals surface area (Å²) in [5.41, 5.74) is 4.81. The van der Waals surface area contributed by atoms with E-state index in [1.807, 2.05) is 93.8 Å². The first-order valence-electron chi connectivity index (χ1n) is 17.8. The summed E-state index contributed by atoms with van der Waals surface area (Å²) in [7, 11) is 8.52. The summed E-state index contributed by atoms with van der Waals surface area (Å²) in [6.45, 7) is 4.78. The predicted octanol–water partition coefficient (Wildman–Crippen LogP) is 8.86. The van der Waals surface area contributed by atoms with E-state index < -0.39 is 12.0 Å². The molecule has 53 heavy (non-hydrogen) atoms. The molecule has 2 unspecified atom stereocenters. The van der Waals surface area contributed by atoms with Crippen LogP contribution in [0.4, 0.5) is 4.39 Å². The van der Waals surface area contributed by atoms with Gasteiger partial charge in [-0.15, -0.1) is 11.8 Å². The highest BCUT2D eigenvalue weighted by atomic mass is 32.2. The van der Waals surface area contributed by atoms with E-state index in [9.17, 15) is 14.0 Å². The number of benzene rings is 4. The molecule has 0 spiro atoms. The summed E-state index contributed by atoms with van der Waals surface area (Å²) in [6, 6.07) is 26.0. The van der Waals surface area contributed by atoms with Gasteiger partial charge in [0.15, 0.2) is 0 Å². The van der Waals surface area contributed by atoms with E-state index in [-0.39, 0.29) is 24.1 Å². The largest absolute Gasteiger partial charge is 0.497 e. The van der Waals surface area contributed by atoms with Gasteiger partial charge in [-0.05, 0) is 93.1 Å². The first-order valence-corrected chi connectivity index (χ1v) is 18.8. The average molecular weight is 740 g/mol. The molecule has 5 aromatic rings. The van der Waals surface area contributed by atoms with Gasteiger partial charge in [0, 0.05) is 72.8 Å². The molecule has 10 heteroatoms. The van der Waals surface area contributed by atoms with Crippen LogP contribution < -0.4 is 14.2 Å². The normalized spacial score (nSPS) is 12.3. The van der Waals surface area contributed by atoms with Crippen molar-refractivity contribution in [1.29, 1.82) is 0 Å². The number of carbonyl (C=O) groups is 2. The zero-order valence-electron chi connectivity index (χ0n) is 31.7. The molecule has 2 atom stereocenters. The molecular weight excluding hydrogens is 690 g/mol. The number of hydrogen-bond acceptors (Lipinski definition) is 6. The third-order valence-electron chi connectivity index (χ3n) is 9.72. The fourth-order valence-corrected chi connectivity index (χ4v) is 7.83.